The Morgan fingerprint density at radius 2 is 1.79 bits per heavy atom. The Morgan fingerprint density at radius 3 is 2.42 bits per heavy atom. The zero-order valence-electron chi connectivity index (χ0n) is 13.3. The molecule has 2 aromatic heterocycles. The summed E-state index contributed by atoms with van der Waals surface area (Å²) in [6.45, 7) is 0. The maximum Gasteiger partial charge on any atom is 0.257 e. The van der Waals surface area contributed by atoms with Gasteiger partial charge in [0.15, 0.2) is 11.5 Å². The molecule has 8 heteroatoms. The van der Waals surface area contributed by atoms with E-state index in [-0.39, 0.29) is 5.91 Å². The highest BCUT2D eigenvalue weighted by molar-refractivity contribution is 7.16. The average Bonchev–Trinajstić information content (AvgIpc) is 3.10. The predicted octanol–water partition coefficient (Wildman–Crippen LogP) is 2.97. The van der Waals surface area contributed by atoms with Crippen LogP contribution in [0.3, 0.4) is 0 Å². The molecule has 3 rings (SSSR count). The summed E-state index contributed by atoms with van der Waals surface area (Å²) in [4.78, 5) is 21.7. The normalized spacial score (nSPS) is 10.5. The summed E-state index contributed by atoms with van der Waals surface area (Å²) < 4.78 is 15.8. The first-order chi connectivity index (χ1) is 11.7. The second kappa shape index (κ2) is 6.71. The third-order valence-electron chi connectivity index (χ3n) is 3.42. The molecule has 0 aliphatic carbocycles. The minimum Gasteiger partial charge on any atom is -0.493 e. The van der Waals surface area contributed by atoms with Crippen molar-refractivity contribution in [3.63, 3.8) is 0 Å². The summed E-state index contributed by atoms with van der Waals surface area (Å²) in [5, 5.41) is 5.48. The smallest absolute Gasteiger partial charge is 0.257 e. The molecule has 0 atom stereocenters. The Labute approximate surface area is 142 Å². The van der Waals surface area contributed by atoms with E-state index in [1.165, 1.54) is 39.0 Å². The van der Waals surface area contributed by atoms with Gasteiger partial charge in [-0.2, -0.15) is 0 Å². The van der Waals surface area contributed by atoms with Gasteiger partial charge >= 0.3 is 0 Å². The van der Waals surface area contributed by atoms with Crippen molar-refractivity contribution in [2.75, 3.05) is 26.6 Å². The molecule has 1 aromatic carbocycles. The van der Waals surface area contributed by atoms with Crippen LogP contribution in [-0.2, 0) is 0 Å². The number of hydrogen-bond acceptors (Lipinski definition) is 7. The van der Waals surface area contributed by atoms with Crippen molar-refractivity contribution in [2.45, 2.75) is 0 Å². The fourth-order valence-electron chi connectivity index (χ4n) is 2.28. The Balaban J connectivity index is 1.96. The first kappa shape index (κ1) is 16.0. The lowest BCUT2D eigenvalue weighted by Gasteiger charge is -2.14. The van der Waals surface area contributed by atoms with E-state index in [1.807, 2.05) is 11.4 Å². The van der Waals surface area contributed by atoms with Crippen LogP contribution in [-0.4, -0.2) is 37.2 Å². The molecule has 1 N–H and O–H groups in total. The van der Waals surface area contributed by atoms with Crippen LogP contribution >= 0.6 is 11.3 Å². The van der Waals surface area contributed by atoms with E-state index in [0.717, 1.165) is 10.2 Å². The summed E-state index contributed by atoms with van der Waals surface area (Å²) in [6, 6.07) is 5.04. The molecule has 0 saturated carbocycles. The molecule has 0 fully saturated rings. The second-order valence-corrected chi connectivity index (χ2v) is 5.62. The van der Waals surface area contributed by atoms with Crippen LogP contribution < -0.4 is 19.5 Å². The molecule has 0 aliphatic heterocycles. The van der Waals surface area contributed by atoms with Gasteiger partial charge in [-0.3, -0.25) is 4.79 Å². The minimum atomic E-state index is -0.333. The molecule has 0 spiro atoms. The van der Waals surface area contributed by atoms with Crippen molar-refractivity contribution < 1.29 is 19.0 Å². The Kier molecular flexibility index (Phi) is 4.48. The van der Waals surface area contributed by atoms with Crippen molar-refractivity contribution in [3.8, 4) is 17.2 Å². The van der Waals surface area contributed by atoms with Crippen molar-refractivity contribution in [2.24, 2.45) is 0 Å². The molecule has 24 heavy (non-hydrogen) atoms. The van der Waals surface area contributed by atoms with Gasteiger partial charge in [0.25, 0.3) is 5.91 Å². The number of anilines is 1. The lowest BCUT2D eigenvalue weighted by atomic mass is 10.1. The van der Waals surface area contributed by atoms with Gasteiger partial charge in [-0.25, -0.2) is 9.97 Å². The second-order valence-electron chi connectivity index (χ2n) is 4.73. The van der Waals surface area contributed by atoms with E-state index in [2.05, 4.69) is 15.3 Å². The van der Waals surface area contributed by atoms with Crippen LogP contribution in [0.25, 0.3) is 10.2 Å². The largest absolute Gasteiger partial charge is 0.493 e. The van der Waals surface area contributed by atoms with Gasteiger partial charge < -0.3 is 19.5 Å². The lowest BCUT2D eigenvalue weighted by Crippen LogP contribution is -2.14. The van der Waals surface area contributed by atoms with Gasteiger partial charge in [-0.05, 0) is 23.6 Å². The Bertz CT molecular complexity index is 869. The molecular weight excluding hydrogens is 330 g/mol. The van der Waals surface area contributed by atoms with Crippen molar-refractivity contribution >= 4 is 33.3 Å². The molecule has 2 heterocycles. The average molecular weight is 345 g/mol. The fourth-order valence-corrected chi connectivity index (χ4v) is 3.01. The number of ether oxygens (including phenoxy) is 3. The van der Waals surface area contributed by atoms with E-state index in [9.17, 15) is 4.79 Å². The predicted molar refractivity (Wildman–Crippen MR) is 91.5 cm³/mol. The number of aromatic nitrogens is 2. The van der Waals surface area contributed by atoms with E-state index < -0.39 is 0 Å². The standard InChI is InChI=1S/C16H15N3O4S/c1-21-11-6-9(7-12(22-2)13(11)23-3)15(20)19-14-10-4-5-24-16(10)18-8-17-14/h4-8H,1-3H3,(H,17,18,19,20). The number of carbonyl (C=O) groups is 1. The van der Waals surface area contributed by atoms with Crippen LogP contribution in [0.4, 0.5) is 5.82 Å². The molecular formula is C16H15N3O4S. The zero-order valence-corrected chi connectivity index (χ0v) is 14.1. The van der Waals surface area contributed by atoms with Crippen LogP contribution in [0.2, 0.25) is 0 Å². The van der Waals surface area contributed by atoms with Crippen molar-refractivity contribution in [1.29, 1.82) is 0 Å². The zero-order chi connectivity index (χ0) is 17.1. The molecule has 0 aliphatic rings. The Morgan fingerprint density at radius 1 is 1.08 bits per heavy atom. The third kappa shape index (κ3) is 2.83. The number of rotatable bonds is 5. The molecule has 0 bridgehead atoms. The van der Waals surface area contributed by atoms with Gasteiger partial charge in [-0.15, -0.1) is 11.3 Å². The van der Waals surface area contributed by atoms with Crippen LogP contribution in [0.1, 0.15) is 10.4 Å². The topological polar surface area (TPSA) is 82.6 Å². The summed E-state index contributed by atoms with van der Waals surface area (Å²) in [6.07, 6.45) is 1.42. The van der Waals surface area contributed by atoms with Crippen LogP contribution in [0.15, 0.2) is 29.9 Å². The van der Waals surface area contributed by atoms with E-state index >= 15 is 0 Å². The highest BCUT2D eigenvalue weighted by atomic mass is 32.1. The van der Waals surface area contributed by atoms with Gasteiger partial charge in [-0.1, -0.05) is 0 Å². The van der Waals surface area contributed by atoms with E-state index in [4.69, 9.17) is 14.2 Å². The first-order valence-electron chi connectivity index (χ1n) is 6.97. The lowest BCUT2D eigenvalue weighted by molar-refractivity contribution is 0.102. The highest BCUT2D eigenvalue weighted by Crippen LogP contribution is 2.38. The van der Waals surface area contributed by atoms with Crippen molar-refractivity contribution in [3.05, 3.63) is 35.5 Å². The number of carbonyl (C=O) groups excluding carboxylic acids is 1. The van der Waals surface area contributed by atoms with Gasteiger partial charge in [0.2, 0.25) is 5.75 Å². The summed E-state index contributed by atoms with van der Waals surface area (Å²) >= 11 is 1.48. The monoisotopic (exact) mass is 345 g/mol. The molecule has 124 valence electrons. The quantitative estimate of drug-likeness (QED) is 0.765. The van der Waals surface area contributed by atoms with Gasteiger partial charge in [0.1, 0.15) is 17.0 Å². The molecule has 0 radical (unpaired) electrons. The summed E-state index contributed by atoms with van der Waals surface area (Å²) in [5.74, 6) is 1.37. The number of benzene rings is 1. The van der Waals surface area contributed by atoms with Crippen molar-refractivity contribution in [1.82, 2.24) is 9.97 Å². The molecule has 0 unspecified atom stereocenters. The number of amides is 1. The number of thiophene rings is 1. The summed E-state index contributed by atoms with van der Waals surface area (Å²) in [7, 11) is 4.50. The first-order valence-corrected chi connectivity index (χ1v) is 7.85. The van der Waals surface area contributed by atoms with Gasteiger partial charge in [0, 0.05) is 5.56 Å². The van der Waals surface area contributed by atoms with Crippen LogP contribution in [0, 0.1) is 0 Å². The minimum absolute atomic E-state index is 0.333. The number of nitrogens with one attached hydrogen (secondary N) is 1. The maximum absolute atomic E-state index is 12.6. The SMILES string of the molecule is COc1cc(C(=O)Nc2ncnc3sccc23)cc(OC)c1OC. The fraction of sp³-hybridized carbons (Fsp3) is 0.188. The molecule has 1 amide bonds. The summed E-state index contributed by atoms with van der Waals surface area (Å²) in [5.41, 5.74) is 0.367. The Hall–Kier alpha value is -2.87. The molecule has 3 aromatic rings. The van der Waals surface area contributed by atoms with Gasteiger partial charge in [0.05, 0.1) is 26.7 Å². The molecule has 7 nitrogen and oxygen atoms in total. The number of methoxy groups -OCH3 is 3. The third-order valence-corrected chi connectivity index (χ3v) is 4.24. The number of fused-ring (bicyclic) bond motifs is 1. The highest BCUT2D eigenvalue weighted by Gasteiger charge is 2.18. The van der Waals surface area contributed by atoms with E-state index in [1.54, 1.807) is 12.1 Å². The number of hydrogen-bond donors (Lipinski definition) is 1. The van der Waals surface area contributed by atoms with E-state index in [0.29, 0.717) is 28.6 Å². The molecule has 0 saturated heterocycles. The maximum atomic E-state index is 12.6. The number of nitrogens with zero attached hydrogens (tertiary/aromatic N) is 2. The van der Waals surface area contributed by atoms with Crippen LogP contribution in [0.5, 0.6) is 17.2 Å².